The van der Waals surface area contributed by atoms with Gasteiger partial charge >= 0.3 is 0 Å². The molecule has 1 unspecified atom stereocenters. The number of hydrogen-bond acceptors (Lipinski definition) is 3. The number of rotatable bonds is 4. The van der Waals surface area contributed by atoms with Gasteiger partial charge in [0.05, 0.1) is 25.8 Å². The minimum atomic E-state index is 0.105. The highest BCUT2D eigenvalue weighted by Crippen LogP contribution is 2.38. The van der Waals surface area contributed by atoms with Gasteiger partial charge in [-0.05, 0) is 42.5 Å². The predicted molar refractivity (Wildman–Crippen MR) is 108 cm³/mol. The molecule has 2 aliphatic heterocycles. The fourth-order valence-corrected chi connectivity index (χ4v) is 4.54. The third-order valence-corrected chi connectivity index (χ3v) is 5.93. The number of aromatic amines is 1. The van der Waals surface area contributed by atoms with E-state index in [1.165, 1.54) is 16.6 Å². The number of benzene rings is 1. The molecular formula is C21H28ClN3O2. The van der Waals surface area contributed by atoms with Gasteiger partial charge in [-0.1, -0.05) is 25.4 Å². The maximum absolute atomic E-state index is 13.1. The van der Waals surface area contributed by atoms with Gasteiger partial charge in [-0.3, -0.25) is 9.69 Å². The van der Waals surface area contributed by atoms with Crippen LogP contribution in [0.5, 0.6) is 0 Å². The summed E-state index contributed by atoms with van der Waals surface area (Å²) < 4.78 is 5.41. The summed E-state index contributed by atoms with van der Waals surface area (Å²) in [5, 5.41) is 1.96. The molecule has 1 fully saturated rings. The normalized spacial score (nSPS) is 21.0. The lowest BCUT2D eigenvalue weighted by Crippen LogP contribution is -2.48. The van der Waals surface area contributed by atoms with Crippen molar-refractivity contribution in [1.82, 2.24) is 14.8 Å². The van der Waals surface area contributed by atoms with E-state index >= 15 is 0 Å². The number of aromatic nitrogens is 1. The SMILES string of the molecule is CC(C)CC1c2[nH]c3ccc(Cl)cc3c2CCN1C(=O)CN1CCOCC1. The van der Waals surface area contributed by atoms with E-state index in [9.17, 15) is 4.79 Å². The molecule has 4 rings (SSSR count). The third-order valence-electron chi connectivity index (χ3n) is 5.69. The minimum Gasteiger partial charge on any atom is -0.379 e. The highest BCUT2D eigenvalue weighted by atomic mass is 35.5. The van der Waals surface area contributed by atoms with Gasteiger partial charge < -0.3 is 14.6 Å². The van der Waals surface area contributed by atoms with Crippen LogP contribution < -0.4 is 0 Å². The Labute approximate surface area is 165 Å². The third kappa shape index (κ3) is 3.86. The van der Waals surface area contributed by atoms with Crippen molar-refractivity contribution in [1.29, 1.82) is 0 Å². The van der Waals surface area contributed by atoms with Gasteiger partial charge in [-0.25, -0.2) is 0 Å². The quantitative estimate of drug-likeness (QED) is 0.868. The predicted octanol–water partition coefficient (Wildman–Crippen LogP) is 3.63. The molecule has 1 atom stereocenters. The Morgan fingerprint density at radius 2 is 2.07 bits per heavy atom. The van der Waals surface area contributed by atoms with Gasteiger partial charge in [-0.15, -0.1) is 0 Å². The first-order valence-corrected chi connectivity index (χ1v) is 10.3. The molecule has 0 bridgehead atoms. The fraction of sp³-hybridized carbons (Fsp3) is 0.571. The molecule has 0 radical (unpaired) electrons. The van der Waals surface area contributed by atoms with Crippen LogP contribution in [0.2, 0.25) is 5.02 Å². The van der Waals surface area contributed by atoms with E-state index in [0.29, 0.717) is 12.5 Å². The monoisotopic (exact) mass is 389 g/mol. The Kier molecular flexibility index (Phi) is 5.44. The second-order valence-corrected chi connectivity index (χ2v) is 8.51. The Balaban J connectivity index is 1.63. The van der Waals surface area contributed by atoms with Crippen LogP contribution in [-0.4, -0.2) is 60.1 Å². The first-order chi connectivity index (χ1) is 13.0. The number of nitrogens with one attached hydrogen (secondary N) is 1. The van der Waals surface area contributed by atoms with Gasteiger partial charge in [0.1, 0.15) is 0 Å². The van der Waals surface area contributed by atoms with Crippen LogP contribution in [0.3, 0.4) is 0 Å². The van der Waals surface area contributed by atoms with E-state index in [2.05, 4.69) is 28.6 Å². The van der Waals surface area contributed by atoms with E-state index in [1.54, 1.807) is 0 Å². The van der Waals surface area contributed by atoms with Gasteiger partial charge in [-0.2, -0.15) is 0 Å². The van der Waals surface area contributed by atoms with E-state index in [-0.39, 0.29) is 11.9 Å². The van der Waals surface area contributed by atoms with E-state index < -0.39 is 0 Å². The van der Waals surface area contributed by atoms with E-state index in [4.69, 9.17) is 16.3 Å². The van der Waals surface area contributed by atoms with Gasteiger partial charge in [0.25, 0.3) is 0 Å². The second-order valence-electron chi connectivity index (χ2n) is 8.08. The molecule has 0 saturated carbocycles. The number of fused-ring (bicyclic) bond motifs is 3. The first kappa shape index (κ1) is 18.8. The number of amides is 1. The number of carbonyl (C=O) groups is 1. The molecule has 146 valence electrons. The minimum absolute atomic E-state index is 0.105. The fourth-order valence-electron chi connectivity index (χ4n) is 4.37. The zero-order chi connectivity index (χ0) is 19.0. The zero-order valence-electron chi connectivity index (χ0n) is 16.1. The molecule has 3 heterocycles. The number of hydrogen-bond donors (Lipinski definition) is 1. The Morgan fingerprint density at radius 1 is 1.30 bits per heavy atom. The summed E-state index contributed by atoms with van der Waals surface area (Å²) in [6.07, 6.45) is 1.83. The van der Waals surface area contributed by atoms with Crippen molar-refractivity contribution < 1.29 is 9.53 Å². The maximum Gasteiger partial charge on any atom is 0.237 e. The molecule has 27 heavy (non-hydrogen) atoms. The van der Waals surface area contributed by atoms with Crippen LogP contribution in [0.15, 0.2) is 18.2 Å². The average Bonchev–Trinajstić information content (AvgIpc) is 3.01. The van der Waals surface area contributed by atoms with Crippen LogP contribution in [0.4, 0.5) is 0 Å². The number of H-pyrrole nitrogens is 1. The summed E-state index contributed by atoms with van der Waals surface area (Å²) in [7, 11) is 0. The maximum atomic E-state index is 13.1. The number of morpholine rings is 1. The van der Waals surface area contributed by atoms with Crippen LogP contribution in [-0.2, 0) is 16.0 Å². The summed E-state index contributed by atoms with van der Waals surface area (Å²) in [5.41, 5.74) is 3.64. The molecule has 1 N–H and O–H groups in total. The Bertz CT molecular complexity index is 826. The molecule has 2 aromatic rings. The van der Waals surface area contributed by atoms with E-state index in [1.807, 2.05) is 18.2 Å². The topological polar surface area (TPSA) is 48.6 Å². The second kappa shape index (κ2) is 7.82. The van der Waals surface area contributed by atoms with Crippen LogP contribution >= 0.6 is 11.6 Å². The Morgan fingerprint density at radius 3 is 2.81 bits per heavy atom. The van der Waals surface area contributed by atoms with Crippen molar-refractivity contribution in [3.8, 4) is 0 Å². The molecule has 6 heteroatoms. The van der Waals surface area contributed by atoms with Gasteiger partial charge in [0.15, 0.2) is 0 Å². The van der Waals surface area contributed by atoms with Crippen molar-refractivity contribution in [2.45, 2.75) is 32.7 Å². The van der Waals surface area contributed by atoms with Crippen LogP contribution in [0.25, 0.3) is 10.9 Å². The number of nitrogens with zero attached hydrogens (tertiary/aromatic N) is 2. The Hall–Kier alpha value is -1.56. The summed E-state index contributed by atoms with van der Waals surface area (Å²) in [4.78, 5) is 21.0. The molecular weight excluding hydrogens is 362 g/mol. The van der Waals surface area contributed by atoms with Crippen molar-refractivity contribution in [2.75, 3.05) is 39.4 Å². The molecule has 1 aromatic heterocycles. The lowest BCUT2D eigenvalue weighted by molar-refractivity contribution is -0.136. The van der Waals surface area contributed by atoms with Crippen molar-refractivity contribution in [2.24, 2.45) is 5.92 Å². The first-order valence-electron chi connectivity index (χ1n) is 9.92. The van der Waals surface area contributed by atoms with Crippen LogP contribution in [0, 0.1) is 5.92 Å². The summed E-state index contributed by atoms with van der Waals surface area (Å²) >= 11 is 6.23. The number of ether oxygens (including phenoxy) is 1. The van der Waals surface area contributed by atoms with Crippen molar-refractivity contribution >= 4 is 28.4 Å². The highest BCUT2D eigenvalue weighted by Gasteiger charge is 2.34. The zero-order valence-corrected chi connectivity index (χ0v) is 16.9. The summed E-state index contributed by atoms with van der Waals surface area (Å²) in [5.74, 6) is 0.736. The van der Waals surface area contributed by atoms with Crippen molar-refractivity contribution in [3.05, 3.63) is 34.5 Å². The van der Waals surface area contributed by atoms with Gasteiger partial charge in [0, 0.05) is 41.3 Å². The molecule has 2 aliphatic rings. The molecule has 5 nitrogen and oxygen atoms in total. The summed E-state index contributed by atoms with van der Waals surface area (Å²) in [6.45, 7) is 8.81. The van der Waals surface area contributed by atoms with E-state index in [0.717, 1.165) is 56.2 Å². The molecule has 1 aromatic carbocycles. The number of carbonyl (C=O) groups excluding carboxylic acids is 1. The molecule has 1 amide bonds. The number of halogens is 1. The molecule has 0 spiro atoms. The average molecular weight is 390 g/mol. The lowest BCUT2D eigenvalue weighted by Gasteiger charge is -2.38. The largest absolute Gasteiger partial charge is 0.379 e. The molecule has 1 saturated heterocycles. The van der Waals surface area contributed by atoms with Gasteiger partial charge in [0.2, 0.25) is 5.91 Å². The van der Waals surface area contributed by atoms with Crippen LogP contribution in [0.1, 0.15) is 37.6 Å². The lowest BCUT2D eigenvalue weighted by atomic mass is 9.91. The smallest absolute Gasteiger partial charge is 0.237 e. The molecule has 0 aliphatic carbocycles. The summed E-state index contributed by atoms with van der Waals surface area (Å²) in [6, 6.07) is 6.12. The van der Waals surface area contributed by atoms with Crippen molar-refractivity contribution in [3.63, 3.8) is 0 Å². The highest BCUT2D eigenvalue weighted by molar-refractivity contribution is 6.31. The standard InChI is InChI=1S/C21H28ClN3O2/c1-14(2)11-19-21-16(17-12-15(22)3-4-18(17)23-21)5-6-25(19)20(26)13-24-7-9-27-10-8-24/h3-4,12,14,19,23H,5-11,13H2,1-2H3.